The van der Waals surface area contributed by atoms with Crippen LogP contribution >= 0.6 is 23.2 Å². The zero-order valence-corrected chi connectivity index (χ0v) is 47.9. The van der Waals surface area contributed by atoms with Crippen LogP contribution in [-0.4, -0.2) is 79.8 Å². The van der Waals surface area contributed by atoms with Gasteiger partial charge in [0.05, 0.1) is 24.4 Å². The van der Waals surface area contributed by atoms with E-state index in [0.29, 0.717) is 47.1 Å². The van der Waals surface area contributed by atoms with E-state index in [-0.39, 0.29) is 24.0 Å². The van der Waals surface area contributed by atoms with Gasteiger partial charge >= 0.3 is 23.9 Å². The number of esters is 4. The molecule has 14 atom stereocenters. The maximum atomic E-state index is 12.2. The van der Waals surface area contributed by atoms with Crippen LogP contribution < -0.4 is 9.47 Å². The molecule has 0 bridgehead atoms. The topological polar surface area (TPSA) is 151 Å². The molecule has 4 saturated carbocycles. The largest absolute Gasteiger partial charge is 0.490 e. The first-order valence-corrected chi connectivity index (χ1v) is 28.8. The molecule has 0 spiro atoms. The summed E-state index contributed by atoms with van der Waals surface area (Å²) in [5.74, 6) is 1.62. The zero-order valence-electron chi connectivity index (χ0n) is 46.4. The van der Waals surface area contributed by atoms with Crippen LogP contribution in [0.3, 0.4) is 0 Å². The van der Waals surface area contributed by atoms with E-state index in [1.54, 1.807) is 6.07 Å². The Morgan fingerprint density at radius 3 is 1.47 bits per heavy atom. The first-order valence-electron chi connectivity index (χ1n) is 28.0. The van der Waals surface area contributed by atoms with Crippen molar-refractivity contribution in [3.63, 3.8) is 0 Å². The minimum absolute atomic E-state index is 0.132. The van der Waals surface area contributed by atoms with Gasteiger partial charge in [0.2, 0.25) is 5.79 Å². The van der Waals surface area contributed by atoms with Gasteiger partial charge in [0.1, 0.15) is 29.8 Å². The Labute approximate surface area is 469 Å². The smallest absolute Gasteiger partial charge is 0.303 e. The molecule has 2 heterocycles. The highest BCUT2D eigenvalue weighted by Crippen LogP contribution is 2.54. The number of rotatable bonds is 17. The maximum absolute atomic E-state index is 12.2. The minimum atomic E-state index is -1.50. The summed E-state index contributed by atoms with van der Waals surface area (Å²) in [6.07, 6.45) is 6.50. The molecule has 2 saturated heterocycles. The van der Waals surface area contributed by atoms with Gasteiger partial charge in [0.25, 0.3) is 0 Å². The number of methoxy groups -OCH3 is 1. The Balaban J connectivity index is 0.000000190. The fourth-order valence-corrected chi connectivity index (χ4v) is 13.2. The average molecular weight is 1110 g/mol. The lowest BCUT2D eigenvalue weighted by atomic mass is 9.81. The zero-order chi connectivity index (χ0) is 55.6. The third-order valence-corrected chi connectivity index (χ3v) is 17.7. The summed E-state index contributed by atoms with van der Waals surface area (Å²) < 4.78 is 54.4. The normalized spacial score (nSPS) is 32.3. The van der Waals surface area contributed by atoms with Crippen molar-refractivity contribution in [2.24, 2.45) is 35.5 Å². The van der Waals surface area contributed by atoms with E-state index in [9.17, 15) is 19.2 Å². The molecule has 2 aliphatic heterocycles. The molecular weight excluding hydrogens is 1040 g/mol. The van der Waals surface area contributed by atoms with E-state index in [2.05, 4.69) is 24.3 Å². The van der Waals surface area contributed by atoms with Crippen LogP contribution in [0.4, 0.5) is 0 Å². The lowest BCUT2D eigenvalue weighted by Crippen LogP contribution is -2.62. The summed E-state index contributed by atoms with van der Waals surface area (Å²) in [5.41, 5.74) is 5.45. The van der Waals surface area contributed by atoms with Gasteiger partial charge in [-0.3, -0.25) is 19.2 Å². The molecule has 4 aliphatic carbocycles. The van der Waals surface area contributed by atoms with Gasteiger partial charge in [-0.2, -0.15) is 0 Å². The Kier molecular flexibility index (Phi) is 18.2. The number of hydrogen-bond acceptors (Lipinski definition) is 13. The number of hydrogen-bond donors (Lipinski definition) is 0. The molecule has 10 rings (SSSR count). The molecule has 4 aromatic rings. The van der Waals surface area contributed by atoms with Crippen LogP contribution in [0.5, 0.6) is 11.5 Å². The molecule has 420 valence electrons. The van der Waals surface area contributed by atoms with Crippen molar-refractivity contribution in [2.45, 2.75) is 180 Å². The quantitative estimate of drug-likeness (QED) is 0.0729. The number of ether oxygens (including phenoxy) is 9. The summed E-state index contributed by atoms with van der Waals surface area (Å²) in [6, 6.07) is 27.7. The van der Waals surface area contributed by atoms with Gasteiger partial charge in [-0.05, 0) is 158 Å². The minimum Gasteiger partial charge on any atom is -0.490 e. The van der Waals surface area contributed by atoms with Gasteiger partial charge in [0, 0.05) is 62.2 Å². The van der Waals surface area contributed by atoms with Gasteiger partial charge in [-0.1, -0.05) is 93.4 Å². The van der Waals surface area contributed by atoms with Crippen molar-refractivity contribution in [1.29, 1.82) is 0 Å². The van der Waals surface area contributed by atoms with Crippen molar-refractivity contribution in [3.05, 3.63) is 128 Å². The maximum Gasteiger partial charge on any atom is 0.303 e. The van der Waals surface area contributed by atoms with Gasteiger partial charge in [-0.25, -0.2) is 0 Å². The van der Waals surface area contributed by atoms with Crippen molar-refractivity contribution < 1.29 is 61.8 Å². The standard InChI is InChI=1S/C32H39ClO7.C31H37ClO6/c1-6-29-18(2)30(37-19(3)34)31(38-20(4)35)32(36-5,40-29)25-9-12-28(33)24(15-25)13-21-7-10-26(11-8-21)39-27-16-22-14-23(22)17-27;1-5-28-17(2)29(35-18(3)33)31(36-19(4)34)30(38-28)21-8-11-27(32)24(13-21)12-20-6-9-25(10-7-20)37-26-15-22-14-23(22)16-26/h7-12,15,18,22-23,27,29-31H,6,13-14,16-17H2,1-5H3;6-11,13,17,22-23,26,28-31H,5,12,14-16H2,1-4H3/t18-,22?,23?,27?,29-,30+,31-,32?;17-,22?,23?,26?,28-,29+,30?,31-/m11/s1. The molecule has 6 fully saturated rings. The fraction of sp³-hybridized carbons (Fsp3) is 0.556. The first-order chi connectivity index (χ1) is 37.3. The van der Waals surface area contributed by atoms with E-state index in [0.717, 1.165) is 69.4 Å². The highest BCUT2D eigenvalue weighted by atomic mass is 35.5. The third kappa shape index (κ3) is 13.3. The molecular formula is C63H76Cl2O13. The van der Waals surface area contributed by atoms with Crippen LogP contribution in [0, 0.1) is 35.5 Å². The highest BCUT2D eigenvalue weighted by molar-refractivity contribution is 6.31. The van der Waals surface area contributed by atoms with Crippen LogP contribution in [0.15, 0.2) is 84.9 Å². The predicted molar refractivity (Wildman–Crippen MR) is 294 cm³/mol. The molecule has 4 aromatic carbocycles. The molecule has 0 radical (unpaired) electrons. The second-order valence-corrected chi connectivity index (χ2v) is 23.5. The van der Waals surface area contributed by atoms with Crippen LogP contribution in [0.1, 0.15) is 146 Å². The van der Waals surface area contributed by atoms with Crippen LogP contribution in [0.2, 0.25) is 10.0 Å². The molecule has 0 aromatic heterocycles. The summed E-state index contributed by atoms with van der Waals surface area (Å²) in [6.45, 7) is 13.3. The number of fused-ring (bicyclic) bond motifs is 2. The van der Waals surface area contributed by atoms with Crippen molar-refractivity contribution >= 4 is 47.1 Å². The summed E-state index contributed by atoms with van der Waals surface area (Å²) >= 11 is 13.3. The molecule has 0 N–H and O–H groups in total. The predicted octanol–water partition coefficient (Wildman–Crippen LogP) is 12.7. The van der Waals surface area contributed by atoms with E-state index in [1.165, 1.54) is 73.3 Å². The molecule has 0 amide bonds. The summed E-state index contributed by atoms with van der Waals surface area (Å²) in [7, 11) is 1.50. The van der Waals surface area contributed by atoms with E-state index >= 15 is 0 Å². The first kappa shape index (κ1) is 57.5. The second kappa shape index (κ2) is 24.7. The molecule has 6 unspecified atom stereocenters. The monoisotopic (exact) mass is 1110 g/mol. The Hall–Kier alpha value is -5.18. The molecule has 15 heteroatoms. The van der Waals surface area contributed by atoms with Crippen molar-refractivity contribution in [2.75, 3.05) is 7.11 Å². The SMILES string of the molecule is CC[C@H]1OC(OC)(c2ccc(Cl)c(Cc3ccc(OC4CC5CC5C4)cc3)c2)[C@H](OC(C)=O)[C@@H](OC(C)=O)[C@@H]1C.CC[C@H]1OC(c2ccc(Cl)c(Cc3ccc(OC4CC5CC5C4)cc3)c2)[C@H](OC(C)=O)[C@@H](OC(C)=O)[C@@H]1C. The lowest BCUT2D eigenvalue weighted by Gasteiger charge is -2.50. The Morgan fingerprint density at radius 2 is 1.00 bits per heavy atom. The van der Waals surface area contributed by atoms with Gasteiger partial charge in [-0.15, -0.1) is 0 Å². The fourth-order valence-electron chi connectivity index (χ4n) is 12.8. The summed E-state index contributed by atoms with van der Waals surface area (Å²) in [4.78, 5) is 48.3. The van der Waals surface area contributed by atoms with E-state index in [1.807, 2.05) is 82.3 Å². The Morgan fingerprint density at radius 1 is 0.551 bits per heavy atom. The Bertz CT molecular complexity index is 2750. The van der Waals surface area contributed by atoms with Crippen molar-refractivity contribution in [1.82, 2.24) is 0 Å². The molecule has 78 heavy (non-hydrogen) atoms. The average Bonchev–Trinajstić information content (AvgIpc) is 4.38. The molecule has 6 aliphatic rings. The summed E-state index contributed by atoms with van der Waals surface area (Å²) in [5, 5.41) is 1.24. The highest BCUT2D eigenvalue weighted by Gasteiger charge is 2.58. The second-order valence-electron chi connectivity index (χ2n) is 22.6. The number of benzene rings is 4. The van der Waals surface area contributed by atoms with Crippen LogP contribution in [0.25, 0.3) is 0 Å². The number of halogens is 2. The number of carbonyl (C=O) groups excluding carboxylic acids is 4. The third-order valence-electron chi connectivity index (χ3n) is 16.9. The van der Waals surface area contributed by atoms with Crippen molar-refractivity contribution in [3.8, 4) is 11.5 Å². The number of carbonyl (C=O) groups is 4. The van der Waals surface area contributed by atoms with Gasteiger partial charge < -0.3 is 42.6 Å². The lowest BCUT2D eigenvalue weighted by molar-refractivity contribution is -0.356. The van der Waals surface area contributed by atoms with E-state index in [4.69, 9.17) is 65.8 Å². The van der Waals surface area contributed by atoms with E-state index < -0.39 is 60.2 Å². The molecule has 13 nitrogen and oxygen atoms in total. The van der Waals surface area contributed by atoms with Crippen LogP contribution in [-0.2, 0) is 71.0 Å². The van der Waals surface area contributed by atoms with Gasteiger partial charge in [0.15, 0.2) is 12.2 Å².